The van der Waals surface area contributed by atoms with E-state index in [0.717, 1.165) is 48.2 Å². The van der Waals surface area contributed by atoms with Gasteiger partial charge < -0.3 is 35.4 Å². The number of pyridine rings is 2. The molecule has 4 aromatic rings. The van der Waals surface area contributed by atoms with Gasteiger partial charge in [0, 0.05) is 59.0 Å². The number of hydrogen-bond donors (Lipinski definition) is 3. The van der Waals surface area contributed by atoms with Gasteiger partial charge >= 0.3 is 0 Å². The Morgan fingerprint density at radius 1 is 1.28 bits per heavy atom. The highest BCUT2D eigenvalue weighted by atomic mass is 35.5. The van der Waals surface area contributed by atoms with Gasteiger partial charge in [0.1, 0.15) is 36.1 Å². The van der Waals surface area contributed by atoms with Gasteiger partial charge in [-0.2, -0.15) is 0 Å². The first-order valence-corrected chi connectivity index (χ1v) is 16.5. The van der Waals surface area contributed by atoms with Crippen molar-refractivity contribution in [3.8, 4) is 22.8 Å². The molecule has 0 bridgehead atoms. The molecule has 47 heavy (non-hydrogen) atoms. The van der Waals surface area contributed by atoms with Gasteiger partial charge in [-0.05, 0) is 69.7 Å². The maximum atomic E-state index is 13.6. The molecule has 2 saturated carbocycles. The molecule has 2 aliphatic carbocycles. The molecule has 3 aromatic heterocycles. The lowest BCUT2D eigenvalue weighted by Crippen LogP contribution is -2.34. The smallest absolute Gasteiger partial charge is 0.251 e. The van der Waals surface area contributed by atoms with E-state index >= 15 is 0 Å². The van der Waals surface area contributed by atoms with Gasteiger partial charge in [0.2, 0.25) is 0 Å². The van der Waals surface area contributed by atoms with Crippen molar-refractivity contribution in [2.24, 2.45) is 16.6 Å². The number of benzene rings is 1. The summed E-state index contributed by atoms with van der Waals surface area (Å²) in [5, 5.41) is 3.69. The van der Waals surface area contributed by atoms with Crippen LogP contribution < -0.4 is 26.3 Å². The Morgan fingerprint density at radius 3 is 2.77 bits per heavy atom. The minimum atomic E-state index is -0.460. The molecule has 1 saturated heterocycles. The molecular formula is C35H38ClN7O4. The van der Waals surface area contributed by atoms with Crippen LogP contribution in [0.25, 0.3) is 16.9 Å². The number of imidazole rings is 1. The van der Waals surface area contributed by atoms with Crippen molar-refractivity contribution >= 4 is 35.1 Å². The Labute approximate surface area is 277 Å². The van der Waals surface area contributed by atoms with E-state index in [-0.39, 0.29) is 24.2 Å². The van der Waals surface area contributed by atoms with Crippen molar-refractivity contribution in [1.29, 1.82) is 0 Å². The molecule has 244 valence electrons. The number of methoxy groups -OCH3 is 1. The minimum absolute atomic E-state index is 0.0376. The zero-order chi connectivity index (χ0) is 32.6. The summed E-state index contributed by atoms with van der Waals surface area (Å²) >= 11 is 7.02. The van der Waals surface area contributed by atoms with E-state index in [1.54, 1.807) is 25.5 Å². The molecule has 0 radical (unpaired) electrons. The third-order valence-corrected chi connectivity index (χ3v) is 10.3. The number of rotatable bonds is 10. The minimum Gasteiger partial charge on any atom is -0.495 e. The lowest BCUT2D eigenvalue weighted by Gasteiger charge is -2.23. The fraction of sp³-hybridized carbons (Fsp3) is 0.429. The molecule has 2 aliphatic heterocycles. The largest absolute Gasteiger partial charge is 0.495 e. The summed E-state index contributed by atoms with van der Waals surface area (Å²) in [6.07, 6.45) is 9.35. The summed E-state index contributed by atoms with van der Waals surface area (Å²) < 4.78 is 19.6. The van der Waals surface area contributed by atoms with Crippen LogP contribution in [0, 0.1) is 12.8 Å². The Morgan fingerprint density at radius 2 is 2.06 bits per heavy atom. The van der Waals surface area contributed by atoms with Crippen molar-refractivity contribution in [3.63, 3.8) is 0 Å². The number of ether oxygens (including phenoxy) is 3. The average molecular weight is 656 g/mol. The van der Waals surface area contributed by atoms with E-state index in [4.69, 9.17) is 42.3 Å². The third kappa shape index (κ3) is 5.40. The monoisotopic (exact) mass is 655 g/mol. The summed E-state index contributed by atoms with van der Waals surface area (Å²) in [5.74, 6) is 1.24. The zero-order valence-electron chi connectivity index (χ0n) is 26.6. The predicted octanol–water partition coefficient (Wildman–Crippen LogP) is 4.79. The number of amides is 1. The molecule has 4 aliphatic rings. The fourth-order valence-corrected chi connectivity index (χ4v) is 7.06. The number of hydrogen-bond acceptors (Lipinski definition) is 9. The van der Waals surface area contributed by atoms with E-state index < -0.39 is 5.41 Å². The third-order valence-electron chi connectivity index (χ3n) is 9.90. The normalized spacial score (nSPS) is 23.9. The number of fused-ring (bicyclic) bond motifs is 2. The molecule has 8 rings (SSSR count). The lowest BCUT2D eigenvalue weighted by molar-refractivity contribution is 0.0949. The van der Waals surface area contributed by atoms with Crippen LogP contribution in [0.1, 0.15) is 71.4 Å². The van der Waals surface area contributed by atoms with E-state index in [2.05, 4.69) is 28.3 Å². The predicted molar refractivity (Wildman–Crippen MR) is 180 cm³/mol. The van der Waals surface area contributed by atoms with Crippen LogP contribution in [0.3, 0.4) is 0 Å². The van der Waals surface area contributed by atoms with Crippen molar-refractivity contribution in [3.05, 3.63) is 69.8 Å². The molecule has 2 unspecified atom stereocenters. The van der Waals surface area contributed by atoms with Crippen LogP contribution in [-0.2, 0) is 10.2 Å². The van der Waals surface area contributed by atoms with Crippen LogP contribution in [0.15, 0.2) is 41.7 Å². The van der Waals surface area contributed by atoms with Gasteiger partial charge in [0.05, 0.1) is 35.0 Å². The number of aryl methyl sites for hydroxylation is 1. The number of nitrogens with zero attached hydrogens (tertiary/aromatic N) is 4. The number of anilines is 1. The second kappa shape index (κ2) is 11.2. The van der Waals surface area contributed by atoms with Crippen LogP contribution in [0.5, 0.6) is 11.5 Å². The van der Waals surface area contributed by atoms with Crippen LogP contribution >= 0.6 is 11.6 Å². The lowest BCUT2D eigenvalue weighted by atomic mass is 9.79. The van der Waals surface area contributed by atoms with Crippen molar-refractivity contribution in [2.75, 3.05) is 26.0 Å². The Hall–Kier alpha value is -4.19. The first-order valence-electron chi connectivity index (χ1n) is 16.2. The molecule has 1 aromatic carbocycles. The molecule has 11 nitrogen and oxygen atoms in total. The summed E-state index contributed by atoms with van der Waals surface area (Å²) in [6, 6.07) is 7.85. The zero-order valence-corrected chi connectivity index (χ0v) is 27.4. The molecule has 0 spiro atoms. The van der Waals surface area contributed by atoms with E-state index in [1.165, 1.54) is 0 Å². The molecule has 5 N–H and O–H groups in total. The molecule has 12 heteroatoms. The average Bonchev–Trinajstić information content (AvgIpc) is 3.98. The Balaban J connectivity index is 1.15. The van der Waals surface area contributed by atoms with Gasteiger partial charge in [-0.3, -0.25) is 9.79 Å². The maximum absolute atomic E-state index is 13.6. The standard InChI is InChI=1S/C35H38ClN7O4/c1-17-15-43-9-8-22(27(36)33(43)41-17)29-30-24(35(2,16-46-30)31-32(38)47-31)12-25(42-29)23(18-4-5-18)14-40-34(44)19-10-20(13-39-21-6-7-21)28(37)26(11-19)45-3/h8-13,15,18,21,23,31-32H,4-7,14,16,37-38H2,1-3H3,(H,40,44)/t23-,31?,32?,35-/m0/s1. The number of aromatic nitrogens is 3. The number of aliphatic imine (C=N–C) groups is 1. The topological polar surface area (TPSA) is 155 Å². The number of nitrogens with one attached hydrogen (secondary N) is 1. The number of nitrogen functional groups attached to an aromatic ring is 1. The first-order chi connectivity index (χ1) is 22.6. The molecular weight excluding hydrogens is 618 g/mol. The van der Waals surface area contributed by atoms with Gasteiger partial charge in [-0.25, -0.2) is 9.97 Å². The SMILES string of the molecule is COc1cc(C(=O)NC[C@H](c2cc3c(c(-c4ccn5cc(C)nc5c4Cl)n2)OC[C@]3(C)C2OC2N)C2CC2)cc(C=NC2CC2)c1N. The van der Waals surface area contributed by atoms with Crippen molar-refractivity contribution < 1.29 is 19.0 Å². The number of epoxide rings is 1. The van der Waals surface area contributed by atoms with Crippen LogP contribution in [0.2, 0.25) is 5.02 Å². The summed E-state index contributed by atoms with van der Waals surface area (Å²) in [6.45, 7) is 4.87. The maximum Gasteiger partial charge on any atom is 0.251 e. The molecule has 3 fully saturated rings. The number of carbonyl (C=O) groups is 1. The van der Waals surface area contributed by atoms with Gasteiger partial charge in [0.25, 0.3) is 5.91 Å². The highest BCUT2D eigenvalue weighted by molar-refractivity contribution is 6.36. The van der Waals surface area contributed by atoms with E-state index in [9.17, 15) is 4.79 Å². The first kappa shape index (κ1) is 30.2. The number of halogens is 1. The quantitative estimate of drug-likeness (QED) is 0.125. The second-order valence-corrected chi connectivity index (χ2v) is 13.9. The van der Waals surface area contributed by atoms with Crippen LogP contribution in [0.4, 0.5) is 5.69 Å². The molecule has 4 atom stereocenters. The Kier molecular flexibility index (Phi) is 7.19. The fourth-order valence-electron chi connectivity index (χ4n) is 6.77. The van der Waals surface area contributed by atoms with Crippen molar-refractivity contribution in [2.45, 2.75) is 69.2 Å². The highest BCUT2D eigenvalue weighted by Gasteiger charge is 2.56. The van der Waals surface area contributed by atoms with E-state index in [1.807, 2.05) is 29.8 Å². The van der Waals surface area contributed by atoms with Crippen LogP contribution in [-0.4, -0.2) is 65.1 Å². The molecule has 1 amide bonds. The van der Waals surface area contributed by atoms with Gasteiger partial charge in [-0.1, -0.05) is 11.6 Å². The Bertz CT molecular complexity index is 1950. The summed E-state index contributed by atoms with van der Waals surface area (Å²) in [7, 11) is 1.55. The van der Waals surface area contributed by atoms with E-state index in [0.29, 0.717) is 69.8 Å². The summed E-state index contributed by atoms with van der Waals surface area (Å²) in [4.78, 5) is 28.1. The molecule has 5 heterocycles. The number of carbonyl (C=O) groups excluding carboxylic acids is 1. The van der Waals surface area contributed by atoms with Gasteiger partial charge in [0.15, 0.2) is 5.65 Å². The number of nitrogens with two attached hydrogens (primary N) is 2. The van der Waals surface area contributed by atoms with Gasteiger partial charge in [-0.15, -0.1) is 0 Å². The van der Waals surface area contributed by atoms with Crippen molar-refractivity contribution in [1.82, 2.24) is 19.7 Å². The summed E-state index contributed by atoms with van der Waals surface area (Å²) in [5.41, 5.74) is 18.4. The second-order valence-electron chi connectivity index (χ2n) is 13.5. The highest BCUT2D eigenvalue weighted by Crippen LogP contribution is 2.53.